The summed E-state index contributed by atoms with van der Waals surface area (Å²) in [4.78, 5) is 7.04. The Morgan fingerprint density at radius 3 is 2.82 bits per heavy atom. The molecule has 118 valence electrons. The molecule has 1 N–H and O–H groups in total. The van der Waals surface area contributed by atoms with Crippen LogP contribution >= 0.6 is 11.3 Å². The first kappa shape index (κ1) is 15.7. The van der Waals surface area contributed by atoms with Crippen LogP contribution in [0.25, 0.3) is 0 Å². The highest BCUT2D eigenvalue weighted by Gasteiger charge is 2.35. The van der Waals surface area contributed by atoms with Crippen molar-refractivity contribution >= 4 is 11.3 Å². The topological polar surface area (TPSA) is 36.4 Å². The summed E-state index contributed by atoms with van der Waals surface area (Å²) in [5.74, 6) is 0. The quantitative estimate of drug-likeness (QED) is 0.920. The summed E-state index contributed by atoms with van der Waals surface area (Å²) >= 11 is 1.74. The number of aromatic nitrogens is 1. The van der Waals surface area contributed by atoms with Gasteiger partial charge in [0.25, 0.3) is 0 Å². The van der Waals surface area contributed by atoms with E-state index in [1.807, 2.05) is 13.0 Å². The van der Waals surface area contributed by atoms with Gasteiger partial charge in [0.15, 0.2) is 0 Å². The highest BCUT2D eigenvalue weighted by atomic mass is 32.1. The molecule has 0 saturated carbocycles. The van der Waals surface area contributed by atoms with Gasteiger partial charge in [-0.3, -0.25) is 4.90 Å². The zero-order valence-electron chi connectivity index (χ0n) is 13.2. The van der Waals surface area contributed by atoms with Gasteiger partial charge < -0.3 is 5.11 Å². The molecule has 3 rings (SSSR count). The van der Waals surface area contributed by atoms with Crippen LogP contribution in [0.3, 0.4) is 0 Å². The monoisotopic (exact) mass is 316 g/mol. The van der Waals surface area contributed by atoms with E-state index < -0.39 is 0 Å². The molecule has 1 atom stereocenters. The maximum atomic E-state index is 10.1. The van der Waals surface area contributed by atoms with Crippen LogP contribution in [0.4, 0.5) is 0 Å². The molecule has 1 saturated heterocycles. The third kappa shape index (κ3) is 3.75. The zero-order chi connectivity index (χ0) is 15.4. The molecule has 1 fully saturated rings. The Morgan fingerprint density at radius 1 is 1.32 bits per heavy atom. The first-order valence-corrected chi connectivity index (χ1v) is 8.85. The van der Waals surface area contributed by atoms with Crippen molar-refractivity contribution in [1.29, 1.82) is 0 Å². The van der Waals surface area contributed by atoms with Crippen molar-refractivity contribution in [2.75, 3.05) is 19.7 Å². The van der Waals surface area contributed by atoms with Crippen LogP contribution in [0, 0.1) is 12.3 Å². The average molecular weight is 316 g/mol. The molecule has 3 nitrogen and oxygen atoms in total. The number of hydrogen-bond donors (Lipinski definition) is 1. The fourth-order valence-electron chi connectivity index (χ4n) is 3.47. The molecule has 22 heavy (non-hydrogen) atoms. The molecular formula is C18H24N2OS. The van der Waals surface area contributed by atoms with Gasteiger partial charge in [-0.25, -0.2) is 4.98 Å². The Hall–Kier alpha value is -1.23. The Kier molecular flexibility index (Phi) is 4.91. The summed E-state index contributed by atoms with van der Waals surface area (Å²) in [6.45, 7) is 5.28. The van der Waals surface area contributed by atoms with E-state index >= 15 is 0 Å². The first-order valence-electron chi connectivity index (χ1n) is 7.97. The molecule has 1 aliphatic rings. The molecule has 0 amide bonds. The minimum Gasteiger partial charge on any atom is -0.396 e. The molecule has 1 unspecified atom stereocenters. The van der Waals surface area contributed by atoms with E-state index in [-0.39, 0.29) is 12.0 Å². The minimum absolute atomic E-state index is 0.00803. The molecule has 4 heteroatoms. The highest BCUT2D eigenvalue weighted by molar-refractivity contribution is 7.09. The lowest BCUT2D eigenvalue weighted by molar-refractivity contribution is 0.0288. The SMILES string of the molecule is Cc1csc(CN2CCCC(CO)(Cc3ccccc3)C2)n1. The average Bonchev–Trinajstić information content (AvgIpc) is 2.94. The van der Waals surface area contributed by atoms with E-state index in [0.29, 0.717) is 0 Å². The Labute approximate surface area is 136 Å². The number of aliphatic hydroxyl groups excluding tert-OH is 1. The number of nitrogens with zero attached hydrogens (tertiary/aromatic N) is 2. The van der Waals surface area contributed by atoms with Crippen molar-refractivity contribution in [2.24, 2.45) is 5.41 Å². The van der Waals surface area contributed by atoms with Gasteiger partial charge in [-0.05, 0) is 38.3 Å². The van der Waals surface area contributed by atoms with Crippen molar-refractivity contribution in [1.82, 2.24) is 9.88 Å². The number of aliphatic hydroxyl groups is 1. The number of rotatable bonds is 5. The zero-order valence-corrected chi connectivity index (χ0v) is 14.0. The Bertz CT molecular complexity index is 598. The molecule has 1 aliphatic heterocycles. The van der Waals surface area contributed by atoms with Gasteiger partial charge in [-0.2, -0.15) is 0 Å². The normalized spacial score (nSPS) is 22.8. The Morgan fingerprint density at radius 2 is 2.14 bits per heavy atom. The molecule has 0 bridgehead atoms. The lowest BCUT2D eigenvalue weighted by Gasteiger charge is -2.41. The van der Waals surface area contributed by atoms with Gasteiger partial charge in [0.05, 0.1) is 13.2 Å². The third-order valence-corrected chi connectivity index (χ3v) is 5.47. The fraction of sp³-hybridized carbons (Fsp3) is 0.500. The summed E-state index contributed by atoms with van der Waals surface area (Å²) in [6.07, 6.45) is 3.21. The number of thiazole rings is 1. The molecule has 0 aliphatic carbocycles. The highest BCUT2D eigenvalue weighted by Crippen LogP contribution is 2.34. The fourth-order valence-corrected chi connectivity index (χ4v) is 4.28. The molecule has 0 spiro atoms. The van der Waals surface area contributed by atoms with Gasteiger partial charge in [-0.1, -0.05) is 30.3 Å². The van der Waals surface area contributed by atoms with Gasteiger partial charge in [0, 0.05) is 23.0 Å². The van der Waals surface area contributed by atoms with Gasteiger partial charge in [-0.15, -0.1) is 11.3 Å². The predicted octanol–water partition coefficient (Wildman–Crippen LogP) is 3.27. The van der Waals surface area contributed by atoms with E-state index in [9.17, 15) is 5.11 Å². The number of hydrogen-bond acceptors (Lipinski definition) is 4. The summed E-state index contributed by atoms with van der Waals surface area (Å²) < 4.78 is 0. The van der Waals surface area contributed by atoms with Crippen molar-refractivity contribution < 1.29 is 5.11 Å². The molecule has 1 aromatic heterocycles. The summed E-state index contributed by atoms with van der Waals surface area (Å²) in [7, 11) is 0. The van der Waals surface area contributed by atoms with E-state index in [0.717, 1.165) is 44.6 Å². The maximum absolute atomic E-state index is 10.1. The van der Waals surface area contributed by atoms with Gasteiger partial charge in [0.1, 0.15) is 5.01 Å². The van der Waals surface area contributed by atoms with Crippen LogP contribution in [0.1, 0.15) is 29.1 Å². The second-order valence-corrected chi connectivity index (χ2v) is 7.46. The second-order valence-electron chi connectivity index (χ2n) is 6.52. The summed E-state index contributed by atoms with van der Waals surface area (Å²) in [5, 5.41) is 13.4. The maximum Gasteiger partial charge on any atom is 0.107 e. The molecule has 2 aromatic rings. The van der Waals surface area contributed by atoms with Crippen molar-refractivity contribution in [3.05, 3.63) is 52.0 Å². The minimum atomic E-state index is -0.00803. The lowest BCUT2D eigenvalue weighted by atomic mass is 9.76. The largest absolute Gasteiger partial charge is 0.396 e. The predicted molar refractivity (Wildman–Crippen MR) is 91.0 cm³/mol. The smallest absolute Gasteiger partial charge is 0.107 e. The van der Waals surface area contributed by atoms with Crippen LogP contribution in [-0.2, 0) is 13.0 Å². The number of likely N-dealkylation sites (tertiary alicyclic amines) is 1. The van der Waals surface area contributed by atoms with Crippen LogP contribution in [0.15, 0.2) is 35.7 Å². The second kappa shape index (κ2) is 6.90. The number of benzene rings is 1. The van der Waals surface area contributed by atoms with E-state index in [4.69, 9.17) is 0 Å². The van der Waals surface area contributed by atoms with Crippen molar-refractivity contribution in [3.8, 4) is 0 Å². The van der Waals surface area contributed by atoms with Gasteiger partial charge >= 0.3 is 0 Å². The molecule has 2 heterocycles. The first-order chi connectivity index (χ1) is 10.7. The summed E-state index contributed by atoms with van der Waals surface area (Å²) in [5.41, 5.74) is 2.42. The number of piperidine rings is 1. The van der Waals surface area contributed by atoms with Crippen molar-refractivity contribution in [2.45, 2.75) is 32.7 Å². The standard InChI is InChI=1S/C18H24N2OS/c1-15-12-22-17(19-15)11-20-9-5-8-18(13-20,14-21)10-16-6-3-2-4-7-16/h2-4,6-7,12,21H,5,8-11,13-14H2,1H3. The van der Waals surface area contributed by atoms with Crippen LogP contribution in [-0.4, -0.2) is 34.7 Å². The van der Waals surface area contributed by atoms with Gasteiger partial charge in [0.2, 0.25) is 0 Å². The van der Waals surface area contributed by atoms with Crippen molar-refractivity contribution in [3.63, 3.8) is 0 Å². The molecular weight excluding hydrogens is 292 g/mol. The van der Waals surface area contributed by atoms with Crippen LogP contribution in [0.5, 0.6) is 0 Å². The lowest BCUT2D eigenvalue weighted by Crippen LogP contribution is -2.46. The third-order valence-electron chi connectivity index (χ3n) is 4.52. The van der Waals surface area contributed by atoms with E-state index in [1.165, 1.54) is 10.6 Å². The van der Waals surface area contributed by atoms with Crippen LogP contribution < -0.4 is 0 Å². The summed E-state index contributed by atoms with van der Waals surface area (Å²) in [6, 6.07) is 10.5. The van der Waals surface area contributed by atoms with E-state index in [1.54, 1.807) is 11.3 Å². The van der Waals surface area contributed by atoms with Crippen LogP contribution in [0.2, 0.25) is 0 Å². The molecule has 0 radical (unpaired) electrons. The van der Waals surface area contributed by atoms with E-state index in [2.05, 4.69) is 39.5 Å². The number of aryl methyl sites for hydroxylation is 1. The molecule has 1 aromatic carbocycles. The Balaban J connectivity index is 1.69.